The van der Waals surface area contributed by atoms with E-state index in [1.54, 1.807) is 7.05 Å². The summed E-state index contributed by atoms with van der Waals surface area (Å²) in [5.41, 5.74) is 0. The molecule has 0 radical (unpaired) electrons. The first-order chi connectivity index (χ1) is 5.72. The van der Waals surface area contributed by atoms with E-state index in [0.29, 0.717) is 6.54 Å². The number of hydrogen-bond acceptors (Lipinski definition) is 2. The van der Waals surface area contributed by atoms with Crippen molar-refractivity contribution in [3.8, 4) is 12.3 Å². The lowest BCUT2D eigenvalue weighted by Gasteiger charge is -2.12. The molecule has 0 aromatic carbocycles. The average molecular weight is 169 g/mol. The maximum Gasteiger partial charge on any atom is 0.297 e. The van der Waals surface area contributed by atoms with Crippen LogP contribution < -0.4 is 0 Å². The van der Waals surface area contributed by atoms with Crippen molar-refractivity contribution in [2.75, 3.05) is 20.2 Å². The van der Waals surface area contributed by atoms with Crippen LogP contribution in [0.2, 0.25) is 0 Å². The van der Waals surface area contributed by atoms with Gasteiger partial charge in [-0.3, -0.25) is 4.79 Å². The van der Waals surface area contributed by atoms with Crippen LogP contribution in [0.3, 0.4) is 0 Å². The van der Waals surface area contributed by atoms with Gasteiger partial charge in [-0.1, -0.05) is 0 Å². The minimum absolute atomic E-state index is 0.215. The summed E-state index contributed by atoms with van der Waals surface area (Å²) in [6.07, 6.45) is 7.53. The molecule has 0 bridgehead atoms. The lowest BCUT2D eigenvalue weighted by atomic mass is 10.2. The SMILES string of the molecule is C#CC(=O)N(C)CCCCCO. The minimum atomic E-state index is -0.279. The molecule has 0 aromatic heterocycles. The van der Waals surface area contributed by atoms with Gasteiger partial charge in [0.1, 0.15) is 0 Å². The summed E-state index contributed by atoms with van der Waals surface area (Å²) >= 11 is 0. The van der Waals surface area contributed by atoms with E-state index in [-0.39, 0.29) is 12.5 Å². The Hall–Kier alpha value is -1.01. The minimum Gasteiger partial charge on any atom is -0.396 e. The first-order valence-electron chi connectivity index (χ1n) is 4.05. The number of amides is 1. The number of carbonyl (C=O) groups excluding carboxylic acids is 1. The predicted octanol–water partition coefficient (Wildman–Crippen LogP) is 0.241. The van der Waals surface area contributed by atoms with E-state index < -0.39 is 0 Å². The predicted molar refractivity (Wildman–Crippen MR) is 47.4 cm³/mol. The summed E-state index contributed by atoms with van der Waals surface area (Å²) in [4.78, 5) is 12.3. The number of hydrogen-bond donors (Lipinski definition) is 1. The number of unbranched alkanes of at least 4 members (excludes halogenated alkanes) is 2. The molecule has 3 heteroatoms. The van der Waals surface area contributed by atoms with E-state index in [9.17, 15) is 4.79 Å². The second-order valence-electron chi connectivity index (χ2n) is 2.66. The lowest BCUT2D eigenvalue weighted by molar-refractivity contribution is -0.123. The van der Waals surface area contributed by atoms with Gasteiger partial charge in [-0.25, -0.2) is 0 Å². The number of aliphatic hydroxyl groups is 1. The van der Waals surface area contributed by atoms with Crippen LogP contribution in [0.1, 0.15) is 19.3 Å². The summed E-state index contributed by atoms with van der Waals surface area (Å²) in [5.74, 6) is 1.76. The molecule has 0 fully saturated rings. The molecule has 12 heavy (non-hydrogen) atoms. The third kappa shape index (κ3) is 4.75. The highest BCUT2D eigenvalue weighted by Gasteiger charge is 2.02. The molecule has 0 rings (SSSR count). The zero-order chi connectivity index (χ0) is 9.40. The van der Waals surface area contributed by atoms with Crippen LogP contribution in [-0.2, 0) is 4.79 Å². The highest BCUT2D eigenvalue weighted by molar-refractivity contribution is 5.92. The number of rotatable bonds is 5. The van der Waals surface area contributed by atoms with E-state index in [1.165, 1.54) is 4.90 Å². The fraction of sp³-hybridized carbons (Fsp3) is 0.667. The molecule has 0 aliphatic heterocycles. The summed E-state index contributed by atoms with van der Waals surface area (Å²) in [6.45, 7) is 0.885. The van der Waals surface area contributed by atoms with E-state index in [1.807, 2.05) is 5.92 Å². The molecule has 0 aliphatic rings. The molecule has 1 amide bonds. The van der Waals surface area contributed by atoms with Crippen molar-refractivity contribution in [2.24, 2.45) is 0 Å². The Labute approximate surface area is 73.4 Å². The molecular weight excluding hydrogens is 154 g/mol. The van der Waals surface area contributed by atoms with Gasteiger partial charge in [-0.05, 0) is 25.2 Å². The topological polar surface area (TPSA) is 40.5 Å². The Balaban J connectivity index is 3.39. The summed E-state index contributed by atoms with van der Waals surface area (Å²) in [5, 5.41) is 8.47. The first kappa shape index (κ1) is 11.0. The number of aliphatic hydroxyl groups excluding tert-OH is 1. The van der Waals surface area contributed by atoms with Crippen LogP contribution in [0.15, 0.2) is 0 Å². The monoisotopic (exact) mass is 169 g/mol. The van der Waals surface area contributed by atoms with Crippen molar-refractivity contribution in [3.63, 3.8) is 0 Å². The van der Waals surface area contributed by atoms with Gasteiger partial charge < -0.3 is 10.0 Å². The molecule has 0 saturated carbocycles. The quantitative estimate of drug-likeness (QED) is 0.473. The van der Waals surface area contributed by atoms with Gasteiger partial charge in [0.2, 0.25) is 0 Å². The Bertz CT molecular complexity index is 172. The standard InChI is InChI=1S/C9H15NO2/c1-3-9(12)10(2)7-5-4-6-8-11/h1,11H,4-8H2,2H3. The van der Waals surface area contributed by atoms with Gasteiger partial charge in [-0.15, -0.1) is 6.42 Å². The molecule has 0 atom stereocenters. The van der Waals surface area contributed by atoms with Crippen molar-refractivity contribution >= 4 is 5.91 Å². The maximum absolute atomic E-state index is 10.8. The fourth-order valence-electron chi connectivity index (χ4n) is 0.849. The summed E-state index contributed by atoms with van der Waals surface area (Å²) in [6, 6.07) is 0. The van der Waals surface area contributed by atoms with Crippen molar-refractivity contribution in [2.45, 2.75) is 19.3 Å². The van der Waals surface area contributed by atoms with Crippen molar-refractivity contribution in [1.82, 2.24) is 4.90 Å². The smallest absolute Gasteiger partial charge is 0.297 e. The van der Waals surface area contributed by atoms with Gasteiger partial charge in [-0.2, -0.15) is 0 Å². The van der Waals surface area contributed by atoms with Gasteiger partial charge in [0.15, 0.2) is 0 Å². The van der Waals surface area contributed by atoms with Crippen LogP contribution >= 0.6 is 0 Å². The molecule has 0 spiro atoms. The van der Waals surface area contributed by atoms with Crippen molar-refractivity contribution in [1.29, 1.82) is 0 Å². The molecule has 1 N–H and O–H groups in total. The van der Waals surface area contributed by atoms with E-state index in [2.05, 4.69) is 0 Å². The van der Waals surface area contributed by atoms with Crippen LogP contribution in [0.5, 0.6) is 0 Å². The number of carbonyl (C=O) groups is 1. The van der Waals surface area contributed by atoms with Gasteiger partial charge >= 0.3 is 0 Å². The van der Waals surface area contributed by atoms with E-state index in [4.69, 9.17) is 11.5 Å². The molecule has 0 aliphatic carbocycles. The Morgan fingerprint density at radius 3 is 2.67 bits per heavy atom. The highest BCUT2D eigenvalue weighted by atomic mass is 16.2. The third-order valence-electron chi connectivity index (χ3n) is 1.62. The molecular formula is C9H15NO2. The zero-order valence-electron chi connectivity index (χ0n) is 7.42. The van der Waals surface area contributed by atoms with Crippen LogP contribution in [0.25, 0.3) is 0 Å². The Kier molecular flexibility index (Phi) is 6.12. The normalized spacial score (nSPS) is 9.08. The molecule has 0 unspecified atom stereocenters. The largest absolute Gasteiger partial charge is 0.396 e. The Morgan fingerprint density at radius 1 is 1.50 bits per heavy atom. The first-order valence-corrected chi connectivity index (χ1v) is 4.05. The van der Waals surface area contributed by atoms with Crippen LogP contribution in [0.4, 0.5) is 0 Å². The Morgan fingerprint density at radius 2 is 2.17 bits per heavy atom. The maximum atomic E-state index is 10.8. The fourth-order valence-corrected chi connectivity index (χ4v) is 0.849. The molecule has 0 aromatic rings. The lowest BCUT2D eigenvalue weighted by Crippen LogP contribution is -2.26. The highest BCUT2D eigenvalue weighted by Crippen LogP contribution is 1.96. The number of terminal acetylenes is 1. The van der Waals surface area contributed by atoms with Crippen molar-refractivity contribution < 1.29 is 9.90 Å². The van der Waals surface area contributed by atoms with Gasteiger partial charge in [0.25, 0.3) is 5.91 Å². The zero-order valence-corrected chi connectivity index (χ0v) is 7.42. The van der Waals surface area contributed by atoms with Crippen LogP contribution in [-0.4, -0.2) is 36.1 Å². The summed E-state index contributed by atoms with van der Waals surface area (Å²) < 4.78 is 0. The molecule has 0 heterocycles. The third-order valence-corrected chi connectivity index (χ3v) is 1.62. The average Bonchev–Trinajstić information content (AvgIpc) is 2.10. The van der Waals surface area contributed by atoms with Crippen molar-refractivity contribution in [3.05, 3.63) is 0 Å². The summed E-state index contributed by atoms with van der Waals surface area (Å²) in [7, 11) is 1.68. The molecule has 0 saturated heterocycles. The molecule has 3 nitrogen and oxygen atoms in total. The number of nitrogens with zero attached hydrogens (tertiary/aromatic N) is 1. The van der Waals surface area contributed by atoms with E-state index in [0.717, 1.165) is 19.3 Å². The van der Waals surface area contributed by atoms with Gasteiger partial charge in [0.05, 0.1) is 0 Å². The van der Waals surface area contributed by atoms with Gasteiger partial charge in [0, 0.05) is 20.2 Å². The second-order valence-corrected chi connectivity index (χ2v) is 2.66. The molecule has 68 valence electrons. The second kappa shape index (κ2) is 6.68. The van der Waals surface area contributed by atoms with Crippen LogP contribution in [0, 0.1) is 12.3 Å². The van der Waals surface area contributed by atoms with E-state index >= 15 is 0 Å².